The maximum absolute atomic E-state index is 13.5. The molecular weight excluding hydrogens is 454 g/mol. The highest BCUT2D eigenvalue weighted by atomic mass is 35.5. The van der Waals surface area contributed by atoms with Crippen molar-refractivity contribution < 1.29 is 22.3 Å². The third-order valence-corrected chi connectivity index (χ3v) is 7.59. The lowest BCUT2D eigenvalue weighted by atomic mass is 10.2. The van der Waals surface area contributed by atoms with E-state index in [4.69, 9.17) is 27.9 Å². The predicted molar refractivity (Wildman–Crippen MR) is 113 cm³/mol. The second-order valence-electron chi connectivity index (χ2n) is 6.72. The molecule has 0 saturated carbocycles. The second-order valence-corrected chi connectivity index (χ2v) is 9.41. The van der Waals surface area contributed by atoms with E-state index in [1.165, 1.54) is 28.6 Å². The van der Waals surface area contributed by atoms with Gasteiger partial charge in [-0.3, -0.25) is 4.79 Å². The van der Waals surface area contributed by atoms with Crippen molar-refractivity contribution in [2.45, 2.75) is 17.7 Å². The smallest absolute Gasteiger partial charge is 0.246 e. The number of benzene rings is 2. The monoisotopic (exact) mass is 474 g/mol. The maximum Gasteiger partial charge on any atom is 0.246 e. The first kappa shape index (κ1) is 22.8. The minimum Gasteiger partial charge on any atom is -0.491 e. The Hall–Kier alpha value is -1.87. The van der Waals surface area contributed by atoms with Crippen LogP contribution >= 0.6 is 23.2 Å². The largest absolute Gasteiger partial charge is 0.491 e. The predicted octanol–water partition coefficient (Wildman–Crippen LogP) is 3.82. The van der Waals surface area contributed by atoms with Crippen LogP contribution in [0.4, 0.5) is 4.39 Å². The lowest BCUT2D eigenvalue weighted by Gasteiger charge is -2.34. The van der Waals surface area contributed by atoms with Crippen LogP contribution in [-0.2, 0) is 14.8 Å². The molecular formula is C20H21Cl2FN2O4S. The van der Waals surface area contributed by atoms with Gasteiger partial charge in [0.05, 0.1) is 16.7 Å². The molecule has 0 aliphatic carbocycles. The molecule has 30 heavy (non-hydrogen) atoms. The molecule has 0 atom stereocenters. The molecule has 1 heterocycles. The molecule has 0 aromatic heterocycles. The number of amides is 1. The first-order valence-electron chi connectivity index (χ1n) is 9.40. The van der Waals surface area contributed by atoms with Crippen molar-refractivity contribution in [3.63, 3.8) is 0 Å². The van der Waals surface area contributed by atoms with Crippen LogP contribution in [-0.4, -0.2) is 56.3 Å². The molecule has 1 amide bonds. The highest BCUT2D eigenvalue weighted by Crippen LogP contribution is 2.31. The molecule has 10 heteroatoms. The van der Waals surface area contributed by atoms with Gasteiger partial charge in [0.1, 0.15) is 4.90 Å². The molecule has 3 rings (SSSR count). The highest BCUT2D eigenvalue weighted by Gasteiger charge is 2.32. The Morgan fingerprint density at radius 3 is 2.27 bits per heavy atom. The SMILES string of the molecule is O=C(CCCOc1ccccc1F)N1CCN(S(=O)(=O)c2c(Cl)cccc2Cl)CC1. The third kappa shape index (κ3) is 5.24. The summed E-state index contributed by atoms with van der Waals surface area (Å²) in [6.07, 6.45) is 0.665. The Balaban J connectivity index is 1.49. The van der Waals surface area contributed by atoms with Crippen LogP contribution in [0.1, 0.15) is 12.8 Å². The summed E-state index contributed by atoms with van der Waals surface area (Å²) in [4.78, 5) is 13.9. The second kappa shape index (κ2) is 9.96. The molecule has 0 unspecified atom stereocenters. The number of ether oxygens (including phenoxy) is 1. The molecule has 1 aliphatic heterocycles. The number of hydrogen-bond donors (Lipinski definition) is 0. The summed E-state index contributed by atoms with van der Waals surface area (Å²) in [5.41, 5.74) is 0. The maximum atomic E-state index is 13.5. The summed E-state index contributed by atoms with van der Waals surface area (Å²) >= 11 is 12.1. The lowest BCUT2D eigenvalue weighted by Crippen LogP contribution is -2.50. The van der Waals surface area contributed by atoms with Crippen molar-refractivity contribution in [3.8, 4) is 5.75 Å². The van der Waals surface area contributed by atoms with Crippen LogP contribution in [0, 0.1) is 5.82 Å². The molecule has 0 radical (unpaired) electrons. The van der Waals surface area contributed by atoms with Gasteiger partial charge in [0.15, 0.2) is 11.6 Å². The van der Waals surface area contributed by atoms with E-state index in [0.717, 1.165) is 0 Å². The van der Waals surface area contributed by atoms with Gasteiger partial charge in [-0.05, 0) is 30.7 Å². The van der Waals surface area contributed by atoms with E-state index in [1.807, 2.05) is 0 Å². The van der Waals surface area contributed by atoms with Crippen molar-refractivity contribution in [1.82, 2.24) is 9.21 Å². The molecule has 6 nitrogen and oxygen atoms in total. The first-order chi connectivity index (χ1) is 14.3. The average Bonchev–Trinajstić information content (AvgIpc) is 2.72. The fraction of sp³-hybridized carbons (Fsp3) is 0.350. The zero-order valence-electron chi connectivity index (χ0n) is 16.1. The molecule has 2 aromatic rings. The van der Waals surface area contributed by atoms with Gasteiger partial charge in [-0.15, -0.1) is 0 Å². The third-order valence-electron chi connectivity index (χ3n) is 4.74. The van der Waals surface area contributed by atoms with Crippen molar-refractivity contribution in [1.29, 1.82) is 0 Å². The van der Waals surface area contributed by atoms with E-state index in [1.54, 1.807) is 23.1 Å². The Bertz CT molecular complexity index is 991. The Kier molecular flexibility index (Phi) is 7.57. The van der Waals surface area contributed by atoms with E-state index >= 15 is 0 Å². The van der Waals surface area contributed by atoms with Gasteiger partial charge in [-0.2, -0.15) is 4.31 Å². The summed E-state index contributed by atoms with van der Waals surface area (Å²) in [6, 6.07) is 10.6. The Morgan fingerprint density at radius 1 is 1.00 bits per heavy atom. The van der Waals surface area contributed by atoms with E-state index in [0.29, 0.717) is 6.42 Å². The van der Waals surface area contributed by atoms with E-state index < -0.39 is 15.8 Å². The van der Waals surface area contributed by atoms with E-state index in [2.05, 4.69) is 0 Å². The van der Waals surface area contributed by atoms with Gasteiger partial charge >= 0.3 is 0 Å². The molecule has 162 valence electrons. The van der Waals surface area contributed by atoms with Crippen LogP contribution in [0.15, 0.2) is 47.4 Å². The highest BCUT2D eigenvalue weighted by molar-refractivity contribution is 7.89. The van der Waals surface area contributed by atoms with Gasteiger partial charge in [-0.1, -0.05) is 41.4 Å². The van der Waals surface area contributed by atoms with Gasteiger partial charge in [0.2, 0.25) is 15.9 Å². The summed E-state index contributed by atoms with van der Waals surface area (Å²) in [5.74, 6) is -0.387. The van der Waals surface area contributed by atoms with Crippen LogP contribution in [0.3, 0.4) is 0 Å². The quantitative estimate of drug-likeness (QED) is 0.572. The summed E-state index contributed by atoms with van der Waals surface area (Å²) < 4.78 is 45.9. The van der Waals surface area contributed by atoms with E-state index in [9.17, 15) is 17.6 Å². The number of halogens is 3. The van der Waals surface area contributed by atoms with Gasteiger partial charge in [-0.25, -0.2) is 12.8 Å². The molecule has 1 aliphatic rings. The standard InChI is InChI=1S/C20H21Cl2FN2O4S/c21-15-5-3-6-16(22)20(15)30(27,28)25-12-10-24(11-13-25)19(26)9-4-14-29-18-8-2-1-7-17(18)23/h1-3,5-8H,4,9-14H2. The average molecular weight is 475 g/mol. The number of hydrogen-bond acceptors (Lipinski definition) is 4. The van der Waals surface area contributed by atoms with E-state index in [-0.39, 0.29) is 65.8 Å². The molecule has 1 saturated heterocycles. The normalized spacial score (nSPS) is 15.2. The van der Waals surface area contributed by atoms with Crippen LogP contribution in [0.2, 0.25) is 10.0 Å². The number of para-hydroxylation sites is 1. The summed E-state index contributed by atoms with van der Waals surface area (Å²) in [5, 5.41) is 0.131. The molecule has 0 N–H and O–H groups in total. The van der Waals surface area contributed by atoms with Crippen molar-refractivity contribution in [3.05, 3.63) is 58.3 Å². The first-order valence-corrected chi connectivity index (χ1v) is 11.6. The molecule has 0 bridgehead atoms. The fourth-order valence-electron chi connectivity index (χ4n) is 3.16. The topological polar surface area (TPSA) is 66.9 Å². The molecule has 1 fully saturated rings. The van der Waals surface area contributed by atoms with Gasteiger partial charge in [0, 0.05) is 32.6 Å². The number of sulfonamides is 1. The minimum absolute atomic E-state index is 0.0656. The van der Waals surface area contributed by atoms with Gasteiger partial charge < -0.3 is 9.64 Å². The van der Waals surface area contributed by atoms with Crippen LogP contribution < -0.4 is 4.74 Å². The summed E-state index contributed by atoms with van der Waals surface area (Å²) in [7, 11) is -3.85. The number of rotatable bonds is 7. The van der Waals surface area contributed by atoms with Crippen molar-refractivity contribution in [2.75, 3.05) is 32.8 Å². The zero-order chi connectivity index (χ0) is 21.7. The van der Waals surface area contributed by atoms with Crippen LogP contribution in [0.5, 0.6) is 5.75 Å². The molecule has 0 spiro atoms. The zero-order valence-corrected chi connectivity index (χ0v) is 18.4. The van der Waals surface area contributed by atoms with Crippen molar-refractivity contribution >= 4 is 39.1 Å². The lowest BCUT2D eigenvalue weighted by molar-refractivity contribution is -0.132. The fourth-order valence-corrected chi connectivity index (χ4v) is 5.67. The number of carbonyl (C=O) groups excluding carboxylic acids is 1. The van der Waals surface area contributed by atoms with Crippen molar-refractivity contribution in [2.24, 2.45) is 0 Å². The Labute approximate surface area is 185 Å². The molecule has 2 aromatic carbocycles. The van der Waals surface area contributed by atoms with Gasteiger partial charge in [0.25, 0.3) is 0 Å². The van der Waals surface area contributed by atoms with Crippen LogP contribution in [0.25, 0.3) is 0 Å². The number of nitrogens with zero attached hydrogens (tertiary/aromatic N) is 2. The minimum atomic E-state index is -3.85. The summed E-state index contributed by atoms with van der Waals surface area (Å²) in [6.45, 7) is 1.07. The number of piperazine rings is 1. The number of carbonyl (C=O) groups is 1. The Morgan fingerprint density at radius 2 is 1.63 bits per heavy atom.